The highest BCUT2D eigenvalue weighted by molar-refractivity contribution is 7.80. The molecule has 0 bridgehead atoms. The van der Waals surface area contributed by atoms with Crippen molar-refractivity contribution in [1.29, 1.82) is 0 Å². The zero-order chi connectivity index (χ0) is 15.1. The van der Waals surface area contributed by atoms with Gasteiger partial charge in [-0.15, -0.1) is 0 Å². The van der Waals surface area contributed by atoms with Crippen LogP contribution < -0.4 is 15.8 Å². The van der Waals surface area contributed by atoms with Gasteiger partial charge in [0.25, 0.3) is 0 Å². The van der Waals surface area contributed by atoms with Crippen molar-refractivity contribution in [2.45, 2.75) is 25.7 Å². The second kappa shape index (κ2) is 7.83. The quantitative estimate of drug-likeness (QED) is 0.839. The fraction of sp³-hybridized carbons (Fsp3) is 0.467. The van der Waals surface area contributed by atoms with Gasteiger partial charge in [-0.05, 0) is 25.0 Å². The normalized spacial score (nSPS) is 15.1. The van der Waals surface area contributed by atoms with E-state index in [0.29, 0.717) is 11.4 Å². The maximum absolute atomic E-state index is 12.3. The molecule has 114 valence electrons. The first-order valence-corrected chi connectivity index (χ1v) is 7.63. The minimum Gasteiger partial charge on any atom is -0.484 e. The van der Waals surface area contributed by atoms with E-state index >= 15 is 0 Å². The number of carbonyl (C=O) groups excluding carboxylic acids is 1. The summed E-state index contributed by atoms with van der Waals surface area (Å²) in [5, 5.41) is 2.91. The van der Waals surface area contributed by atoms with Crippen LogP contribution in [0.3, 0.4) is 0 Å². The largest absolute Gasteiger partial charge is 0.484 e. The molecular weight excluding hydrogens is 286 g/mol. The summed E-state index contributed by atoms with van der Waals surface area (Å²) in [6.07, 6.45) is 4.51. The van der Waals surface area contributed by atoms with Gasteiger partial charge in [0.2, 0.25) is 0 Å². The number of nitrogens with two attached hydrogens (primary N) is 1. The molecular formula is C15H21N3O2S. The molecule has 0 radical (unpaired) electrons. The minimum absolute atomic E-state index is 0.0803. The molecule has 0 saturated carbocycles. The number of benzene rings is 1. The zero-order valence-corrected chi connectivity index (χ0v) is 12.8. The monoisotopic (exact) mass is 307 g/mol. The standard InChI is InChI=1S/C15H21N3O2S/c16-14(21)11-20-13-8-4-3-7-12(13)17-15(19)18-9-5-1-2-6-10-18/h3-4,7-8H,1-2,5-6,9-11H2,(H2,16,21)(H,17,19). The average Bonchev–Trinajstić information content (AvgIpc) is 2.75. The van der Waals surface area contributed by atoms with E-state index < -0.39 is 0 Å². The summed E-state index contributed by atoms with van der Waals surface area (Å²) in [5.74, 6) is 0.577. The highest BCUT2D eigenvalue weighted by Crippen LogP contribution is 2.24. The molecule has 0 aliphatic carbocycles. The first kappa shape index (κ1) is 15.6. The number of amides is 2. The van der Waals surface area contributed by atoms with Crippen LogP contribution in [-0.2, 0) is 0 Å². The summed E-state index contributed by atoms with van der Waals surface area (Å²) >= 11 is 4.80. The van der Waals surface area contributed by atoms with E-state index in [9.17, 15) is 4.79 Å². The molecule has 2 amide bonds. The maximum atomic E-state index is 12.3. The van der Waals surface area contributed by atoms with E-state index in [0.717, 1.165) is 25.9 Å². The highest BCUT2D eigenvalue weighted by atomic mass is 32.1. The Labute approximate surface area is 130 Å². The van der Waals surface area contributed by atoms with Crippen molar-refractivity contribution in [2.24, 2.45) is 5.73 Å². The molecule has 0 aromatic heterocycles. The molecule has 3 N–H and O–H groups in total. The van der Waals surface area contributed by atoms with Gasteiger partial charge >= 0.3 is 6.03 Å². The molecule has 6 heteroatoms. The number of likely N-dealkylation sites (tertiary alicyclic amines) is 1. The fourth-order valence-electron chi connectivity index (χ4n) is 2.31. The molecule has 1 fully saturated rings. The number of para-hydroxylation sites is 2. The van der Waals surface area contributed by atoms with E-state index in [4.69, 9.17) is 22.7 Å². The number of ether oxygens (including phenoxy) is 1. The van der Waals surface area contributed by atoms with E-state index in [2.05, 4.69) is 5.32 Å². The molecule has 5 nitrogen and oxygen atoms in total. The number of anilines is 1. The van der Waals surface area contributed by atoms with Crippen LogP contribution in [0.2, 0.25) is 0 Å². The predicted molar refractivity (Wildman–Crippen MR) is 87.8 cm³/mol. The van der Waals surface area contributed by atoms with Gasteiger partial charge in [-0.1, -0.05) is 37.2 Å². The van der Waals surface area contributed by atoms with Gasteiger partial charge in [-0.2, -0.15) is 0 Å². The summed E-state index contributed by atoms with van der Waals surface area (Å²) in [6.45, 7) is 1.77. The van der Waals surface area contributed by atoms with E-state index in [1.807, 2.05) is 23.1 Å². The average molecular weight is 307 g/mol. The predicted octanol–water partition coefficient (Wildman–Crippen LogP) is 2.76. The van der Waals surface area contributed by atoms with Crippen LogP contribution in [-0.4, -0.2) is 35.6 Å². The fourth-order valence-corrected chi connectivity index (χ4v) is 2.37. The SMILES string of the molecule is NC(=S)COc1ccccc1NC(=O)N1CCCCCC1. The van der Waals surface area contributed by atoms with Gasteiger partial charge in [-0.25, -0.2) is 4.79 Å². The van der Waals surface area contributed by atoms with Crippen molar-refractivity contribution in [1.82, 2.24) is 4.90 Å². The van der Waals surface area contributed by atoms with Gasteiger partial charge in [0.15, 0.2) is 0 Å². The van der Waals surface area contributed by atoms with Gasteiger partial charge in [0.1, 0.15) is 17.3 Å². The van der Waals surface area contributed by atoms with Crippen LogP contribution in [0.25, 0.3) is 0 Å². The van der Waals surface area contributed by atoms with E-state index in [1.165, 1.54) is 12.8 Å². The van der Waals surface area contributed by atoms with Crippen molar-refractivity contribution in [3.8, 4) is 5.75 Å². The summed E-state index contributed by atoms with van der Waals surface area (Å²) < 4.78 is 5.51. The number of thiocarbonyl (C=S) groups is 1. The Morgan fingerprint density at radius 1 is 1.24 bits per heavy atom. The van der Waals surface area contributed by atoms with Crippen LogP contribution >= 0.6 is 12.2 Å². The van der Waals surface area contributed by atoms with Crippen molar-refractivity contribution >= 4 is 28.9 Å². The third-order valence-corrected chi connectivity index (χ3v) is 3.51. The first-order valence-electron chi connectivity index (χ1n) is 7.23. The van der Waals surface area contributed by atoms with Gasteiger partial charge in [-0.3, -0.25) is 0 Å². The first-order chi connectivity index (χ1) is 10.2. The molecule has 1 aromatic carbocycles. The van der Waals surface area contributed by atoms with Crippen LogP contribution in [0.15, 0.2) is 24.3 Å². The number of nitrogens with one attached hydrogen (secondary N) is 1. The Hall–Kier alpha value is -1.82. The Morgan fingerprint density at radius 2 is 1.90 bits per heavy atom. The number of hydrogen-bond acceptors (Lipinski definition) is 3. The molecule has 0 unspecified atom stereocenters. The Bertz CT molecular complexity index is 499. The molecule has 1 aliphatic rings. The Morgan fingerprint density at radius 3 is 2.57 bits per heavy atom. The van der Waals surface area contributed by atoms with Crippen LogP contribution in [0.1, 0.15) is 25.7 Å². The number of urea groups is 1. The second-order valence-electron chi connectivity index (χ2n) is 5.08. The summed E-state index contributed by atoms with van der Waals surface area (Å²) in [7, 11) is 0. The molecule has 1 saturated heterocycles. The van der Waals surface area contributed by atoms with Crippen molar-refractivity contribution in [3.63, 3.8) is 0 Å². The minimum atomic E-state index is -0.0803. The third-order valence-electron chi connectivity index (χ3n) is 3.39. The van der Waals surface area contributed by atoms with Crippen molar-refractivity contribution in [3.05, 3.63) is 24.3 Å². The molecule has 1 aromatic rings. The second-order valence-corrected chi connectivity index (χ2v) is 5.61. The van der Waals surface area contributed by atoms with Crippen LogP contribution in [0, 0.1) is 0 Å². The lowest BCUT2D eigenvalue weighted by Crippen LogP contribution is -2.35. The molecule has 2 rings (SSSR count). The molecule has 1 heterocycles. The number of hydrogen-bond donors (Lipinski definition) is 2. The zero-order valence-electron chi connectivity index (χ0n) is 12.0. The van der Waals surface area contributed by atoms with Gasteiger partial charge in [0.05, 0.1) is 5.69 Å². The number of nitrogens with zero attached hydrogens (tertiary/aromatic N) is 1. The molecule has 21 heavy (non-hydrogen) atoms. The third kappa shape index (κ3) is 4.90. The van der Waals surface area contributed by atoms with Gasteiger partial charge < -0.3 is 20.7 Å². The summed E-state index contributed by atoms with van der Waals surface area (Å²) in [6, 6.07) is 7.21. The highest BCUT2D eigenvalue weighted by Gasteiger charge is 2.16. The van der Waals surface area contributed by atoms with Crippen LogP contribution in [0.5, 0.6) is 5.75 Å². The maximum Gasteiger partial charge on any atom is 0.321 e. The van der Waals surface area contributed by atoms with E-state index in [-0.39, 0.29) is 17.6 Å². The topological polar surface area (TPSA) is 67.6 Å². The number of rotatable bonds is 4. The van der Waals surface area contributed by atoms with Gasteiger partial charge in [0, 0.05) is 13.1 Å². The lowest BCUT2D eigenvalue weighted by Gasteiger charge is -2.21. The molecule has 0 spiro atoms. The number of carbonyl (C=O) groups is 1. The van der Waals surface area contributed by atoms with Crippen LogP contribution in [0.4, 0.5) is 10.5 Å². The lowest BCUT2D eigenvalue weighted by molar-refractivity contribution is 0.213. The van der Waals surface area contributed by atoms with Crippen molar-refractivity contribution in [2.75, 3.05) is 25.0 Å². The smallest absolute Gasteiger partial charge is 0.321 e. The summed E-state index contributed by atoms with van der Waals surface area (Å²) in [5.41, 5.74) is 6.08. The summed E-state index contributed by atoms with van der Waals surface area (Å²) in [4.78, 5) is 14.5. The Kier molecular flexibility index (Phi) is 5.80. The Balaban J connectivity index is 2.00. The molecule has 0 atom stereocenters. The van der Waals surface area contributed by atoms with E-state index in [1.54, 1.807) is 6.07 Å². The van der Waals surface area contributed by atoms with Crippen molar-refractivity contribution < 1.29 is 9.53 Å². The molecule has 1 aliphatic heterocycles. The lowest BCUT2D eigenvalue weighted by atomic mass is 10.2.